The molecule has 2 N–H and O–H groups in total. The van der Waals surface area contributed by atoms with Gasteiger partial charge in [0.05, 0.1) is 0 Å². The minimum Gasteiger partial charge on any atom is -0.356 e. The van der Waals surface area contributed by atoms with Crippen molar-refractivity contribution in [3.05, 3.63) is 47.0 Å². The van der Waals surface area contributed by atoms with Gasteiger partial charge in [-0.1, -0.05) is 23.8 Å². The third-order valence-electron chi connectivity index (χ3n) is 4.63. The smallest absolute Gasteiger partial charge is 0.253 e. The summed E-state index contributed by atoms with van der Waals surface area (Å²) in [6.45, 7) is 1.69. The van der Waals surface area contributed by atoms with Crippen molar-refractivity contribution >= 4 is 35.8 Å². The summed E-state index contributed by atoms with van der Waals surface area (Å²) >= 11 is 0. The third kappa shape index (κ3) is 8.32. The van der Waals surface area contributed by atoms with E-state index < -0.39 is 0 Å². The average Bonchev–Trinajstić information content (AvgIpc) is 2.67. The Hall–Kier alpha value is -1.57. The van der Waals surface area contributed by atoms with E-state index in [4.69, 9.17) is 0 Å². The number of halogens is 1. The van der Waals surface area contributed by atoms with Crippen LogP contribution in [0.25, 0.3) is 0 Å². The maximum atomic E-state index is 12.1. The number of benzene rings is 1. The van der Waals surface area contributed by atoms with E-state index in [9.17, 15) is 4.79 Å². The number of carbonyl (C=O) groups excluding carboxylic acids is 1. The van der Waals surface area contributed by atoms with Crippen molar-refractivity contribution in [3.8, 4) is 0 Å². The summed E-state index contributed by atoms with van der Waals surface area (Å²) in [6, 6.07) is 7.83. The molecule has 0 heterocycles. The first-order chi connectivity index (χ1) is 12.6. The fourth-order valence-corrected chi connectivity index (χ4v) is 3.14. The summed E-state index contributed by atoms with van der Waals surface area (Å²) in [7, 11) is 5.34. The van der Waals surface area contributed by atoms with Crippen LogP contribution in [0.3, 0.4) is 0 Å². The molecule has 0 atom stereocenters. The first kappa shape index (κ1) is 23.5. The van der Waals surface area contributed by atoms with E-state index >= 15 is 0 Å². The molecule has 150 valence electrons. The van der Waals surface area contributed by atoms with Gasteiger partial charge in [0.25, 0.3) is 5.91 Å². The lowest BCUT2D eigenvalue weighted by molar-refractivity contribution is 0.0827. The van der Waals surface area contributed by atoms with Gasteiger partial charge in [-0.15, -0.1) is 24.0 Å². The lowest BCUT2D eigenvalue weighted by Gasteiger charge is -2.15. The molecule has 0 aliphatic heterocycles. The van der Waals surface area contributed by atoms with E-state index in [0.717, 1.165) is 43.0 Å². The van der Waals surface area contributed by atoms with Crippen LogP contribution in [0.15, 0.2) is 40.9 Å². The van der Waals surface area contributed by atoms with E-state index in [1.807, 2.05) is 18.2 Å². The van der Waals surface area contributed by atoms with E-state index in [1.165, 1.54) is 25.7 Å². The monoisotopic (exact) mass is 484 g/mol. The van der Waals surface area contributed by atoms with Gasteiger partial charge in [-0.25, -0.2) is 0 Å². The molecule has 0 saturated heterocycles. The van der Waals surface area contributed by atoms with Crippen molar-refractivity contribution in [2.75, 3.05) is 34.2 Å². The van der Waals surface area contributed by atoms with E-state index in [2.05, 4.69) is 27.8 Å². The van der Waals surface area contributed by atoms with Gasteiger partial charge in [-0.05, 0) is 56.2 Å². The summed E-state index contributed by atoms with van der Waals surface area (Å²) in [5.41, 5.74) is 3.45. The summed E-state index contributed by atoms with van der Waals surface area (Å²) in [6.07, 6.45) is 9.47. The zero-order chi connectivity index (χ0) is 18.8. The van der Waals surface area contributed by atoms with Gasteiger partial charge in [0, 0.05) is 39.8 Å². The van der Waals surface area contributed by atoms with E-state index in [0.29, 0.717) is 0 Å². The molecule has 0 fully saturated rings. The van der Waals surface area contributed by atoms with Crippen LogP contribution in [0.2, 0.25) is 0 Å². The van der Waals surface area contributed by atoms with Gasteiger partial charge in [-0.3, -0.25) is 9.79 Å². The van der Waals surface area contributed by atoms with Gasteiger partial charge in [0.1, 0.15) is 0 Å². The molecule has 1 aliphatic carbocycles. The highest BCUT2D eigenvalue weighted by Crippen LogP contribution is 2.19. The average molecular weight is 484 g/mol. The molecule has 1 amide bonds. The third-order valence-corrected chi connectivity index (χ3v) is 4.63. The molecule has 0 bridgehead atoms. The summed E-state index contributed by atoms with van der Waals surface area (Å²) in [5, 5.41) is 6.74. The fourth-order valence-electron chi connectivity index (χ4n) is 3.14. The Labute approximate surface area is 180 Å². The summed E-state index contributed by atoms with van der Waals surface area (Å²) in [5.74, 6) is 0.872. The van der Waals surface area contributed by atoms with Crippen LogP contribution in [0.4, 0.5) is 0 Å². The number of hydrogen-bond acceptors (Lipinski definition) is 2. The van der Waals surface area contributed by atoms with Gasteiger partial charge in [0.2, 0.25) is 0 Å². The zero-order valence-electron chi connectivity index (χ0n) is 16.8. The van der Waals surface area contributed by atoms with E-state index in [1.54, 1.807) is 31.6 Å². The van der Waals surface area contributed by atoms with Crippen molar-refractivity contribution in [3.63, 3.8) is 0 Å². The van der Waals surface area contributed by atoms with Crippen molar-refractivity contribution in [1.29, 1.82) is 0 Å². The number of carbonyl (C=O) groups is 1. The first-order valence-corrected chi connectivity index (χ1v) is 9.53. The summed E-state index contributed by atoms with van der Waals surface area (Å²) in [4.78, 5) is 17.9. The van der Waals surface area contributed by atoms with Crippen molar-refractivity contribution in [2.24, 2.45) is 4.99 Å². The SMILES string of the molecule is CN=C(NCCC1=CCCCC1)NCCc1cccc(C(=O)N(C)C)c1.I. The molecule has 0 radical (unpaired) electrons. The molecule has 2 rings (SSSR count). The predicted molar refractivity (Wildman–Crippen MR) is 124 cm³/mol. The number of guanidine groups is 1. The molecule has 0 unspecified atom stereocenters. The van der Waals surface area contributed by atoms with Crippen LogP contribution in [0.5, 0.6) is 0 Å². The van der Waals surface area contributed by atoms with Crippen LogP contribution < -0.4 is 10.6 Å². The molecule has 5 nitrogen and oxygen atoms in total. The van der Waals surface area contributed by atoms with Gasteiger partial charge < -0.3 is 15.5 Å². The van der Waals surface area contributed by atoms with Crippen LogP contribution in [0.1, 0.15) is 48.0 Å². The molecule has 1 aromatic rings. The highest BCUT2D eigenvalue weighted by Gasteiger charge is 2.08. The molecule has 27 heavy (non-hydrogen) atoms. The zero-order valence-corrected chi connectivity index (χ0v) is 19.1. The van der Waals surface area contributed by atoms with Gasteiger partial charge >= 0.3 is 0 Å². The van der Waals surface area contributed by atoms with Crippen LogP contribution in [0, 0.1) is 0 Å². The summed E-state index contributed by atoms with van der Waals surface area (Å²) < 4.78 is 0. The highest BCUT2D eigenvalue weighted by atomic mass is 127. The molecule has 1 aromatic carbocycles. The quantitative estimate of drug-likeness (QED) is 0.269. The normalized spacial score (nSPS) is 14.0. The number of allylic oxidation sites excluding steroid dienone is 1. The maximum absolute atomic E-state index is 12.1. The van der Waals surface area contributed by atoms with Gasteiger partial charge in [0.15, 0.2) is 5.96 Å². The Kier molecular flexibility index (Phi) is 11.1. The lowest BCUT2D eigenvalue weighted by atomic mass is 9.97. The molecule has 6 heteroatoms. The van der Waals surface area contributed by atoms with E-state index in [-0.39, 0.29) is 29.9 Å². The second kappa shape index (κ2) is 12.8. The number of hydrogen-bond donors (Lipinski definition) is 2. The topological polar surface area (TPSA) is 56.7 Å². The minimum atomic E-state index is 0. The van der Waals surface area contributed by atoms with Crippen LogP contribution in [-0.4, -0.2) is 51.0 Å². The molecule has 0 aromatic heterocycles. The van der Waals surface area contributed by atoms with Crippen molar-refractivity contribution in [2.45, 2.75) is 38.5 Å². The largest absolute Gasteiger partial charge is 0.356 e. The Morgan fingerprint density at radius 2 is 1.89 bits per heavy atom. The number of nitrogens with zero attached hydrogens (tertiary/aromatic N) is 2. The molecule has 0 saturated carbocycles. The van der Waals surface area contributed by atoms with Crippen LogP contribution >= 0.6 is 24.0 Å². The van der Waals surface area contributed by atoms with Crippen molar-refractivity contribution in [1.82, 2.24) is 15.5 Å². The molecular formula is C21H33IN4O. The van der Waals surface area contributed by atoms with Crippen LogP contribution in [-0.2, 0) is 6.42 Å². The number of aliphatic imine (C=N–C) groups is 1. The number of nitrogens with one attached hydrogen (secondary N) is 2. The molecule has 1 aliphatic rings. The number of amides is 1. The van der Waals surface area contributed by atoms with Gasteiger partial charge in [-0.2, -0.15) is 0 Å². The number of rotatable bonds is 7. The Bertz CT molecular complexity index is 655. The second-order valence-electron chi connectivity index (χ2n) is 6.93. The Morgan fingerprint density at radius 1 is 1.15 bits per heavy atom. The predicted octanol–water partition coefficient (Wildman–Crippen LogP) is 3.60. The highest BCUT2D eigenvalue weighted by molar-refractivity contribution is 14.0. The maximum Gasteiger partial charge on any atom is 0.253 e. The standard InChI is InChI=1S/C21H32N4O.HI/c1-22-21(23-14-12-17-8-5-4-6-9-17)24-15-13-18-10-7-11-19(16-18)20(26)25(2)3;/h7-8,10-11,16H,4-6,9,12-15H2,1-3H3,(H2,22,23,24);1H. The van der Waals surface area contributed by atoms with Crippen molar-refractivity contribution < 1.29 is 4.79 Å². The second-order valence-corrected chi connectivity index (χ2v) is 6.93. The Morgan fingerprint density at radius 3 is 2.52 bits per heavy atom. The molecule has 0 spiro atoms. The Balaban J connectivity index is 0.00000364. The minimum absolute atomic E-state index is 0. The molecular weight excluding hydrogens is 451 g/mol. The fraction of sp³-hybridized carbons (Fsp3) is 0.524. The lowest BCUT2D eigenvalue weighted by Crippen LogP contribution is -2.38. The first-order valence-electron chi connectivity index (χ1n) is 9.53.